The Balaban J connectivity index is 1.47. The van der Waals surface area contributed by atoms with Crippen LogP contribution in [0.4, 0.5) is 0 Å². The number of thiazole rings is 1. The number of nitrogens with zero attached hydrogens (tertiary/aromatic N) is 3. The highest BCUT2D eigenvalue weighted by Crippen LogP contribution is 2.45. The van der Waals surface area contributed by atoms with Gasteiger partial charge in [-0.1, -0.05) is 39.8 Å². The molecule has 2 aliphatic rings. The molecule has 0 spiro atoms. The summed E-state index contributed by atoms with van der Waals surface area (Å²) in [5.74, 6) is -1.23. The molecule has 9 nitrogen and oxygen atoms in total. The SMILES string of the molecule is CCc1cc(-c2scnc2C)ccc1CNC(=O)[C@@H]1C[C@@H](O)CN1C(=O)C(NC(=O)C1(C#N)CC1)C(C)(C)C. The first-order chi connectivity index (χ1) is 18.4. The number of hydrogen-bond donors (Lipinski definition) is 3. The molecule has 39 heavy (non-hydrogen) atoms. The van der Waals surface area contributed by atoms with Crippen LogP contribution < -0.4 is 10.6 Å². The number of aryl methyl sites for hydroxylation is 2. The summed E-state index contributed by atoms with van der Waals surface area (Å²) in [4.78, 5) is 46.7. The molecule has 2 aromatic rings. The Morgan fingerprint density at radius 1 is 1.28 bits per heavy atom. The van der Waals surface area contributed by atoms with Gasteiger partial charge in [0.25, 0.3) is 0 Å². The maximum atomic E-state index is 13.7. The molecule has 1 unspecified atom stereocenters. The molecular weight excluding hydrogens is 514 g/mol. The molecule has 1 aliphatic carbocycles. The Labute approximate surface area is 233 Å². The van der Waals surface area contributed by atoms with Crippen molar-refractivity contribution in [2.24, 2.45) is 10.8 Å². The highest BCUT2D eigenvalue weighted by molar-refractivity contribution is 7.13. The van der Waals surface area contributed by atoms with Gasteiger partial charge in [-0.05, 0) is 54.4 Å². The van der Waals surface area contributed by atoms with Gasteiger partial charge in [-0.25, -0.2) is 4.98 Å². The molecule has 1 saturated carbocycles. The number of benzene rings is 1. The second-order valence-electron chi connectivity index (χ2n) is 11.7. The Kier molecular flexibility index (Phi) is 8.14. The van der Waals surface area contributed by atoms with Crippen molar-refractivity contribution < 1.29 is 19.5 Å². The highest BCUT2D eigenvalue weighted by atomic mass is 32.1. The third-order valence-electron chi connectivity index (χ3n) is 7.70. The standard InChI is InChI=1S/C29H37N5O4S/c1-6-18-11-19(23-17(2)32-16-39-23)7-8-20(18)13-31-25(36)22-12-21(35)14-34(22)26(37)24(28(3,4)5)33-27(38)29(15-30)9-10-29/h7-8,11,16,21-22,24,35H,6,9-10,12-14H2,1-5H3,(H,31,36)(H,33,38)/t21-,22+,24?/m1/s1. The van der Waals surface area contributed by atoms with E-state index < -0.39 is 40.8 Å². The number of aliphatic hydroxyl groups excluding tert-OH is 1. The van der Waals surface area contributed by atoms with E-state index in [1.165, 1.54) is 4.90 Å². The first kappa shape index (κ1) is 28.7. The summed E-state index contributed by atoms with van der Waals surface area (Å²) in [6, 6.07) is 6.43. The first-order valence-electron chi connectivity index (χ1n) is 13.4. The first-order valence-corrected chi connectivity index (χ1v) is 14.3. The molecule has 1 aromatic heterocycles. The van der Waals surface area contributed by atoms with E-state index in [9.17, 15) is 24.8 Å². The number of likely N-dealkylation sites (tertiary alicyclic amines) is 1. The number of nitrogens with one attached hydrogen (secondary N) is 2. The average Bonchev–Trinajstić information content (AvgIpc) is 3.44. The maximum Gasteiger partial charge on any atom is 0.246 e. The predicted molar refractivity (Wildman–Crippen MR) is 148 cm³/mol. The lowest BCUT2D eigenvalue weighted by atomic mass is 9.85. The molecule has 3 N–H and O–H groups in total. The van der Waals surface area contributed by atoms with Crippen molar-refractivity contribution >= 4 is 29.1 Å². The van der Waals surface area contributed by atoms with Crippen LogP contribution in [-0.4, -0.2) is 57.4 Å². The zero-order valence-corrected chi connectivity index (χ0v) is 24.0. The lowest BCUT2D eigenvalue weighted by Crippen LogP contribution is -2.58. The zero-order chi connectivity index (χ0) is 28.5. The smallest absolute Gasteiger partial charge is 0.246 e. The minimum absolute atomic E-state index is 0.00582. The number of hydrogen-bond acceptors (Lipinski definition) is 7. The van der Waals surface area contributed by atoms with Crippen LogP contribution in [0.1, 0.15) is 63.8 Å². The van der Waals surface area contributed by atoms with Crippen molar-refractivity contribution in [1.82, 2.24) is 20.5 Å². The van der Waals surface area contributed by atoms with Crippen molar-refractivity contribution in [3.05, 3.63) is 40.5 Å². The van der Waals surface area contributed by atoms with Gasteiger partial charge in [-0.15, -0.1) is 11.3 Å². The molecule has 3 atom stereocenters. The minimum atomic E-state index is -1.07. The normalized spacial score (nSPS) is 20.7. The molecule has 2 fully saturated rings. The van der Waals surface area contributed by atoms with Crippen LogP contribution >= 0.6 is 11.3 Å². The number of nitriles is 1. The number of rotatable bonds is 8. The summed E-state index contributed by atoms with van der Waals surface area (Å²) in [7, 11) is 0. The number of aromatic nitrogens is 1. The topological polar surface area (TPSA) is 135 Å². The van der Waals surface area contributed by atoms with Gasteiger partial charge in [-0.2, -0.15) is 5.26 Å². The van der Waals surface area contributed by atoms with E-state index in [1.807, 2.05) is 45.3 Å². The van der Waals surface area contributed by atoms with E-state index in [4.69, 9.17) is 0 Å². The van der Waals surface area contributed by atoms with E-state index in [2.05, 4.69) is 34.7 Å². The summed E-state index contributed by atoms with van der Waals surface area (Å²) in [6.45, 7) is 9.83. The van der Waals surface area contributed by atoms with Crippen LogP contribution in [0.5, 0.6) is 0 Å². The van der Waals surface area contributed by atoms with Crippen molar-refractivity contribution in [3.63, 3.8) is 0 Å². The van der Waals surface area contributed by atoms with Gasteiger partial charge < -0.3 is 20.6 Å². The van der Waals surface area contributed by atoms with E-state index in [-0.39, 0.29) is 18.9 Å². The fraction of sp³-hybridized carbons (Fsp3) is 0.552. The molecule has 0 radical (unpaired) electrons. The second-order valence-corrected chi connectivity index (χ2v) is 12.5. The van der Waals surface area contributed by atoms with E-state index >= 15 is 0 Å². The summed E-state index contributed by atoms with van der Waals surface area (Å²) in [5, 5.41) is 25.6. The maximum absolute atomic E-state index is 13.7. The lowest BCUT2D eigenvalue weighted by Gasteiger charge is -2.35. The van der Waals surface area contributed by atoms with Crippen LogP contribution in [0.15, 0.2) is 23.7 Å². The van der Waals surface area contributed by atoms with Gasteiger partial charge in [0, 0.05) is 19.5 Å². The Hall–Kier alpha value is -3.29. The fourth-order valence-electron chi connectivity index (χ4n) is 5.05. The molecule has 1 aromatic carbocycles. The van der Waals surface area contributed by atoms with E-state index in [0.717, 1.165) is 33.7 Å². The minimum Gasteiger partial charge on any atom is -0.391 e. The van der Waals surface area contributed by atoms with Crippen molar-refractivity contribution in [2.75, 3.05) is 6.54 Å². The third-order valence-corrected chi connectivity index (χ3v) is 8.68. The van der Waals surface area contributed by atoms with Crippen LogP contribution in [-0.2, 0) is 27.3 Å². The summed E-state index contributed by atoms with van der Waals surface area (Å²) >= 11 is 1.60. The zero-order valence-electron chi connectivity index (χ0n) is 23.2. The largest absolute Gasteiger partial charge is 0.391 e. The van der Waals surface area contributed by atoms with Crippen molar-refractivity contribution in [2.45, 2.75) is 85.0 Å². The van der Waals surface area contributed by atoms with E-state index in [0.29, 0.717) is 19.4 Å². The summed E-state index contributed by atoms with van der Waals surface area (Å²) < 4.78 is 0. The Bertz CT molecular complexity index is 1300. The van der Waals surface area contributed by atoms with Crippen molar-refractivity contribution in [1.29, 1.82) is 5.26 Å². The van der Waals surface area contributed by atoms with Gasteiger partial charge in [0.2, 0.25) is 17.7 Å². The number of aliphatic hydroxyl groups is 1. The summed E-state index contributed by atoms with van der Waals surface area (Å²) in [5.41, 5.74) is 4.27. The van der Waals surface area contributed by atoms with Gasteiger partial charge in [0.15, 0.2) is 0 Å². The molecular formula is C29H37N5O4S. The monoisotopic (exact) mass is 551 g/mol. The predicted octanol–water partition coefficient (Wildman–Crippen LogP) is 3.09. The number of carbonyl (C=O) groups excluding carboxylic acids is 3. The van der Waals surface area contributed by atoms with Gasteiger partial charge in [0.1, 0.15) is 17.5 Å². The van der Waals surface area contributed by atoms with Gasteiger partial charge in [0.05, 0.1) is 28.3 Å². The molecule has 2 heterocycles. The molecule has 208 valence electrons. The van der Waals surface area contributed by atoms with Crippen LogP contribution in [0.2, 0.25) is 0 Å². The Morgan fingerprint density at radius 2 is 2.00 bits per heavy atom. The molecule has 10 heteroatoms. The highest BCUT2D eigenvalue weighted by Gasteiger charge is 2.53. The van der Waals surface area contributed by atoms with Crippen LogP contribution in [0.25, 0.3) is 10.4 Å². The number of carbonyl (C=O) groups is 3. The van der Waals surface area contributed by atoms with Crippen LogP contribution in [0, 0.1) is 29.1 Å². The third kappa shape index (κ3) is 5.99. The van der Waals surface area contributed by atoms with Gasteiger partial charge >= 0.3 is 0 Å². The summed E-state index contributed by atoms with van der Waals surface area (Å²) in [6.07, 6.45) is 1.01. The molecule has 4 rings (SSSR count). The molecule has 3 amide bonds. The molecule has 1 saturated heterocycles. The lowest BCUT2D eigenvalue weighted by molar-refractivity contribution is -0.144. The molecule has 1 aliphatic heterocycles. The average molecular weight is 552 g/mol. The Morgan fingerprint density at radius 3 is 2.56 bits per heavy atom. The molecule has 0 bridgehead atoms. The van der Waals surface area contributed by atoms with E-state index in [1.54, 1.807) is 11.3 Å². The number of amides is 3. The van der Waals surface area contributed by atoms with Crippen LogP contribution in [0.3, 0.4) is 0 Å². The quantitative estimate of drug-likeness (QED) is 0.461. The number of β-amino-alcohol motifs (C(OH)–C–C–N with tert-alkyl or cyclic N) is 1. The fourth-order valence-corrected chi connectivity index (χ4v) is 5.85. The van der Waals surface area contributed by atoms with Crippen molar-refractivity contribution in [3.8, 4) is 16.5 Å². The second kappa shape index (κ2) is 11.1. The van der Waals surface area contributed by atoms with Gasteiger partial charge in [-0.3, -0.25) is 14.4 Å².